The Morgan fingerprint density at radius 3 is 2.26 bits per heavy atom. The maximum absolute atomic E-state index is 13.3. The molecule has 4 aromatic rings. The van der Waals surface area contributed by atoms with E-state index in [4.69, 9.17) is 44.3 Å². The van der Waals surface area contributed by atoms with E-state index in [1.807, 2.05) is 91.0 Å². The van der Waals surface area contributed by atoms with Crippen LogP contribution in [0.3, 0.4) is 0 Å². The topological polar surface area (TPSA) is 103 Å². The standard InChI is InChI=1S/C41H43Cl3N4O5/c1-27-35(24-47-20-18-40(19-21-47)38(50)46-26-48(40)34-8-3-2-4-9-34)52-37(53-36(27)31-12-10-28(25-49)11-13-31)32-16-14-30(15-17-32)33-7-5-6-29(22-33)23-45-39(51)41(42,43)44/h2-17,22,27,35-37,49H,18-21,23-26H2,1H3,(H,45,51)(H,46,50)/t27-,35+,36+,37+/m0/s1. The molecule has 0 unspecified atom stereocenters. The number of para-hydroxylation sites is 1. The lowest BCUT2D eigenvalue weighted by Gasteiger charge is -2.46. The number of aliphatic hydroxyl groups excluding tert-OH is 1. The number of rotatable bonds is 9. The molecule has 0 aliphatic carbocycles. The predicted octanol–water partition coefficient (Wildman–Crippen LogP) is 7.05. The molecule has 4 atom stereocenters. The van der Waals surface area contributed by atoms with Gasteiger partial charge in [-0.25, -0.2) is 0 Å². The number of alkyl halides is 3. The molecule has 3 aliphatic heterocycles. The summed E-state index contributed by atoms with van der Waals surface area (Å²) in [6.07, 6.45) is 0.454. The number of ether oxygens (including phenoxy) is 2. The molecule has 3 saturated heterocycles. The molecule has 278 valence electrons. The van der Waals surface area contributed by atoms with Gasteiger partial charge in [0.05, 0.1) is 25.5 Å². The van der Waals surface area contributed by atoms with Crippen LogP contribution in [0.15, 0.2) is 103 Å². The second-order valence-electron chi connectivity index (χ2n) is 14.1. The summed E-state index contributed by atoms with van der Waals surface area (Å²) in [6, 6.07) is 34.0. The molecule has 9 nitrogen and oxygen atoms in total. The highest BCUT2D eigenvalue weighted by molar-refractivity contribution is 6.76. The minimum atomic E-state index is -2.02. The van der Waals surface area contributed by atoms with Crippen LogP contribution in [0.25, 0.3) is 11.1 Å². The Bertz CT molecular complexity index is 1880. The Hall–Kier alpha value is -3.67. The minimum Gasteiger partial charge on any atom is -0.392 e. The number of likely N-dealkylation sites (tertiary alicyclic amines) is 1. The van der Waals surface area contributed by atoms with Crippen LogP contribution in [0.2, 0.25) is 0 Å². The third-order valence-electron chi connectivity index (χ3n) is 10.8. The van der Waals surface area contributed by atoms with E-state index >= 15 is 0 Å². The number of carbonyl (C=O) groups excluding carboxylic acids is 2. The first kappa shape index (κ1) is 37.6. The molecule has 3 fully saturated rings. The van der Waals surface area contributed by atoms with Gasteiger partial charge in [-0.15, -0.1) is 0 Å². The first-order valence-corrected chi connectivity index (χ1v) is 19.1. The fourth-order valence-corrected chi connectivity index (χ4v) is 7.90. The van der Waals surface area contributed by atoms with E-state index in [1.165, 1.54) is 0 Å². The fourth-order valence-electron chi connectivity index (χ4n) is 7.70. The second kappa shape index (κ2) is 16.0. The van der Waals surface area contributed by atoms with E-state index < -0.39 is 21.5 Å². The molecule has 3 aliphatic rings. The zero-order chi connectivity index (χ0) is 37.2. The van der Waals surface area contributed by atoms with Crippen LogP contribution in [0.4, 0.5) is 5.69 Å². The first-order valence-electron chi connectivity index (χ1n) is 17.9. The number of piperidine rings is 1. The molecule has 53 heavy (non-hydrogen) atoms. The van der Waals surface area contributed by atoms with Crippen LogP contribution in [0.5, 0.6) is 0 Å². The molecule has 4 aromatic carbocycles. The lowest BCUT2D eigenvalue weighted by molar-refractivity contribution is -0.276. The number of aliphatic hydroxyl groups is 1. The average molecular weight is 778 g/mol. The van der Waals surface area contributed by atoms with Crippen molar-refractivity contribution in [3.05, 3.63) is 125 Å². The summed E-state index contributed by atoms with van der Waals surface area (Å²) in [7, 11) is 0. The summed E-state index contributed by atoms with van der Waals surface area (Å²) in [5, 5.41) is 15.4. The van der Waals surface area contributed by atoms with Crippen molar-refractivity contribution in [1.82, 2.24) is 15.5 Å². The van der Waals surface area contributed by atoms with Crippen molar-refractivity contribution in [2.75, 3.05) is 31.2 Å². The zero-order valence-electron chi connectivity index (χ0n) is 29.4. The smallest absolute Gasteiger partial charge is 0.272 e. The highest BCUT2D eigenvalue weighted by Crippen LogP contribution is 2.43. The number of nitrogens with one attached hydrogen (secondary N) is 2. The van der Waals surface area contributed by atoms with Crippen molar-refractivity contribution in [3.63, 3.8) is 0 Å². The number of anilines is 1. The number of halogens is 3. The van der Waals surface area contributed by atoms with Gasteiger partial charge in [0, 0.05) is 43.3 Å². The zero-order valence-corrected chi connectivity index (χ0v) is 31.7. The van der Waals surface area contributed by atoms with Gasteiger partial charge < -0.3 is 35.0 Å². The van der Waals surface area contributed by atoms with Gasteiger partial charge in [0.1, 0.15) is 5.54 Å². The van der Waals surface area contributed by atoms with Gasteiger partial charge in [0.25, 0.3) is 9.70 Å². The normalized spacial score (nSPS) is 23.2. The van der Waals surface area contributed by atoms with Crippen molar-refractivity contribution >= 4 is 52.3 Å². The van der Waals surface area contributed by atoms with Crippen LogP contribution in [-0.4, -0.2) is 63.6 Å². The number of carbonyl (C=O) groups is 2. The number of amides is 2. The van der Waals surface area contributed by atoms with Crippen molar-refractivity contribution in [2.24, 2.45) is 5.92 Å². The molecular weight excluding hydrogens is 735 g/mol. The number of hydrogen-bond donors (Lipinski definition) is 3. The molecule has 2 amide bonds. The van der Waals surface area contributed by atoms with E-state index in [0.29, 0.717) is 13.2 Å². The van der Waals surface area contributed by atoms with Crippen LogP contribution in [-0.2, 0) is 32.2 Å². The van der Waals surface area contributed by atoms with E-state index in [-0.39, 0.29) is 37.2 Å². The van der Waals surface area contributed by atoms with Crippen molar-refractivity contribution in [3.8, 4) is 11.1 Å². The number of benzene rings is 4. The van der Waals surface area contributed by atoms with Gasteiger partial charge in [-0.3, -0.25) is 9.59 Å². The predicted molar refractivity (Wildman–Crippen MR) is 207 cm³/mol. The van der Waals surface area contributed by atoms with Gasteiger partial charge in [-0.2, -0.15) is 0 Å². The third-order valence-corrected chi connectivity index (χ3v) is 11.3. The van der Waals surface area contributed by atoms with E-state index in [1.54, 1.807) is 0 Å². The van der Waals surface area contributed by atoms with Gasteiger partial charge in [-0.05, 0) is 58.9 Å². The molecule has 0 saturated carbocycles. The van der Waals surface area contributed by atoms with Gasteiger partial charge in [0.2, 0.25) is 5.91 Å². The van der Waals surface area contributed by atoms with Crippen molar-refractivity contribution < 1.29 is 24.2 Å². The fraction of sp³-hybridized carbons (Fsp3) is 0.366. The summed E-state index contributed by atoms with van der Waals surface area (Å²) in [5.74, 6) is -0.549. The highest BCUT2D eigenvalue weighted by atomic mass is 35.6. The van der Waals surface area contributed by atoms with E-state index in [9.17, 15) is 14.7 Å². The Kier molecular flexibility index (Phi) is 11.3. The summed E-state index contributed by atoms with van der Waals surface area (Å²) < 4.78 is 11.5. The molecule has 0 radical (unpaired) electrons. The quantitative estimate of drug-likeness (QED) is 0.157. The SMILES string of the molecule is C[C@H]1[C@@H](CN2CCC3(CC2)C(=O)NCN3c2ccccc2)O[C@@H](c2ccc(-c3cccc(CNC(=O)C(Cl)(Cl)Cl)c3)cc2)O[C@H]1c1ccc(CO)cc1. The van der Waals surface area contributed by atoms with Gasteiger partial charge in [0.15, 0.2) is 6.29 Å². The summed E-state index contributed by atoms with van der Waals surface area (Å²) in [4.78, 5) is 30.0. The Labute approximate surface area is 325 Å². The van der Waals surface area contributed by atoms with E-state index in [2.05, 4.69) is 39.5 Å². The van der Waals surface area contributed by atoms with E-state index in [0.717, 1.165) is 65.0 Å². The lowest BCUT2D eigenvalue weighted by atomic mass is 9.84. The molecule has 0 bridgehead atoms. The van der Waals surface area contributed by atoms with Crippen molar-refractivity contribution in [1.29, 1.82) is 0 Å². The molecule has 3 heterocycles. The number of nitrogens with zero attached hydrogens (tertiary/aromatic N) is 2. The summed E-state index contributed by atoms with van der Waals surface area (Å²) in [6.45, 7) is 5.13. The molecule has 0 aromatic heterocycles. The maximum Gasteiger partial charge on any atom is 0.272 e. The lowest BCUT2D eigenvalue weighted by Crippen LogP contribution is -2.57. The van der Waals surface area contributed by atoms with Crippen LogP contribution < -0.4 is 15.5 Å². The van der Waals surface area contributed by atoms with Gasteiger partial charge in [-0.1, -0.05) is 127 Å². The Balaban J connectivity index is 1.07. The first-order chi connectivity index (χ1) is 25.5. The molecule has 12 heteroatoms. The Morgan fingerprint density at radius 1 is 0.887 bits per heavy atom. The molecule has 1 spiro atoms. The van der Waals surface area contributed by atoms with Crippen molar-refractivity contribution in [2.45, 2.75) is 60.7 Å². The largest absolute Gasteiger partial charge is 0.392 e. The van der Waals surface area contributed by atoms with Gasteiger partial charge >= 0.3 is 0 Å². The average Bonchev–Trinajstić information content (AvgIpc) is 3.49. The third kappa shape index (κ3) is 8.22. The minimum absolute atomic E-state index is 0.0231. The number of hydrogen-bond acceptors (Lipinski definition) is 7. The monoisotopic (exact) mass is 776 g/mol. The highest BCUT2D eigenvalue weighted by Gasteiger charge is 2.51. The second-order valence-corrected chi connectivity index (χ2v) is 16.4. The van der Waals surface area contributed by atoms with Crippen LogP contribution in [0.1, 0.15) is 54.4 Å². The summed E-state index contributed by atoms with van der Waals surface area (Å²) in [5.41, 5.74) is 6.10. The Morgan fingerprint density at radius 2 is 1.58 bits per heavy atom. The maximum atomic E-state index is 13.3. The molecule has 3 N–H and O–H groups in total. The molecule has 7 rings (SSSR count). The van der Waals surface area contributed by atoms with Crippen LogP contribution in [0, 0.1) is 5.92 Å². The summed E-state index contributed by atoms with van der Waals surface area (Å²) >= 11 is 17.1. The van der Waals surface area contributed by atoms with Crippen LogP contribution >= 0.6 is 34.8 Å². The molecular formula is C41H43Cl3N4O5.